The van der Waals surface area contributed by atoms with Crippen molar-refractivity contribution in [2.24, 2.45) is 0 Å². The second kappa shape index (κ2) is 5.84. The average molecular weight is 313 g/mol. The van der Waals surface area contributed by atoms with Crippen LogP contribution in [0.4, 0.5) is 20.2 Å². The molecule has 0 radical (unpaired) electrons. The van der Waals surface area contributed by atoms with E-state index in [-0.39, 0.29) is 0 Å². The number of hydrogen-bond donors (Lipinski definition) is 1. The zero-order valence-electron chi connectivity index (χ0n) is 10.3. The number of carbonyl (C=O) groups excluding carboxylic acids is 1. The lowest BCUT2D eigenvalue weighted by molar-refractivity contribution is -0.387. The highest BCUT2D eigenvalue weighted by atomic mass is 35.5. The minimum atomic E-state index is -1.29. The molecule has 1 N–H and O–H groups in total. The molecule has 21 heavy (non-hydrogen) atoms. The summed E-state index contributed by atoms with van der Waals surface area (Å²) in [6, 6.07) is 6.80. The van der Waals surface area contributed by atoms with Crippen molar-refractivity contribution in [2.45, 2.75) is 0 Å². The third-order valence-corrected chi connectivity index (χ3v) is 2.83. The highest BCUT2D eigenvalue weighted by Crippen LogP contribution is 2.22. The molecule has 0 heterocycles. The summed E-state index contributed by atoms with van der Waals surface area (Å²) in [5.41, 5.74) is -1.34. The smallest absolute Gasteiger partial charge is 0.307 e. The second-order valence-electron chi connectivity index (χ2n) is 4.00. The molecule has 0 saturated heterocycles. The molecule has 5 nitrogen and oxygen atoms in total. The van der Waals surface area contributed by atoms with Gasteiger partial charge in [0, 0.05) is 10.7 Å². The quantitative estimate of drug-likeness (QED) is 0.692. The maximum absolute atomic E-state index is 13.7. The normalized spacial score (nSPS) is 10.2. The van der Waals surface area contributed by atoms with E-state index in [1.165, 1.54) is 24.3 Å². The van der Waals surface area contributed by atoms with E-state index >= 15 is 0 Å². The summed E-state index contributed by atoms with van der Waals surface area (Å²) < 4.78 is 27.1. The molecule has 1 amide bonds. The van der Waals surface area contributed by atoms with E-state index in [0.717, 1.165) is 0 Å². The predicted molar refractivity (Wildman–Crippen MR) is 72.4 cm³/mol. The Morgan fingerprint density at radius 2 is 1.76 bits per heavy atom. The molecule has 0 bridgehead atoms. The minimum absolute atomic E-state index is 0.322. The summed E-state index contributed by atoms with van der Waals surface area (Å²) in [5.74, 6) is -3.40. The SMILES string of the molecule is O=C(Nc1ccc(Cl)cc1)c1cc(F)c([N+](=O)[O-])cc1F. The van der Waals surface area contributed by atoms with Crippen molar-refractivity contribution < 1.29 is 18.5 Å². The fraction of sp³-hybridized carbons (Fsp3) is 0. The van der Waals surface area contributed by atoms with E-state index in [4.69, 9.17) is 11.6 Å². The lowest BCUT2D eigenvalue weighted by Crippen LogP contribution is -2.14. The third-order valence-electron chi connectivity index (χ3n) is 2.58. The van der Waals surface area contributed by atoms with Crippen molar-refractivity contribution in [2.75, 3.05) is 5.32 Å². The van der Waals surface area contributed by atoms with Gasteiger partial charge in [0.1, 0.15) is 5.82 Å². The minimum Gasteiger partial charge on any atom is -0.322 e. The number of nitro groups is 1. The summed E-state index contributed by atoms with van der Waals surface area (Å²) in [6.07, 6.45) is 0. The Bertz CT molecular complexity index is 720. The average Bonchev–Trinajstić information content (AvgIpc) is 2.43. The highest BCUT2D eigenvalue weighted by molar-refractivity contribution is 6.30. The van der Waals surface area contributed by atoms with Gasteiger partial charge in [0.2, 0.25) is 5.82 Å². The Labute approximate surface area is 122 Å². The van der Waals surface area contributed by atoms with Crippen LogP contribution >= 0.6 is 11.6 Å². The molecule has 0 spiro atoms. The van der Waals surface area contributed by atoms with E-state index in [1.807, 2.05) is 0 Å². The number of carbonyl (C=O) groups is 1. The number of benzene rings is 2. The van der Waals surface area contributed by atoms with Crippen molar-refractivity contribution in [1.82, 2.24) is 0 Å². The molecular weight excluding hydrogens is 306 g/mol. The van der Waals surface area contributed by atoms with Gasteiger partial charge in [-0.25, -0.2) is 4.39 Å². The first-order valence-electron chi connectivity index (χ1n) is 5.59. The van der Waals surface area contributed by atoms with Gasteiger partial charge in [0.05, 0.1) is 16.6 Å². The maximum Gasteiger partial charge on any atom is 0.307 e. The maximum atomic E-state index is 13.7. The molecule has 2 rings (SSSR count). The number of nitro benzene ring substituents is 1. The first-order chi connectivity index (χ1) is 9.88. The lowest BCUT2D eigenvalue weighted by atomic mass is 10.1. The van der Waals surface area contributed by atoms with Crippen LogP contribution in [0, 0.1) is 21.7 Å². The van der Waals surface area contributed by atoms with Crippen LogP contribution in [0.3, 0.4) is 0 Å². The summed E-state index contributed by atoms with van der Waals surface area (Å²) in [4.78, 5) is 21.2. The summed E-state index contributed by atoms with van der Waals surface area (Å²) >= 11 is 5.67. The third kappa shape index (κ3) is 3.32. The molecule has 0 aliphatic carbocycles. The van der Waals surface area contributed by atoms with Crippen LogP contribution in [0.5, 0.6) is 0 Å². The Kier molecular flexibility index (Phi) is 4.13. The number of halogens is 3. The molecule has 0 aliphatic rings. The molecule has 2 aromatic rings. The molecule has 0 aliphatic heterocycles. The Morgan fingerprint density at radius 1 is 1.14 bits per heavy atom. The van der Waals surface area contributed by atoms with Crippen LogP contribution in [-0.2, 0) is 0 Å². The van der Waals surface area contributed by atoms with Gasteiger partial charge in [-0.3, -0.25) is 14.9 Å². The van der Waals surface area contributed by atoms with E-state index in [0.29, 0.717) is 22.8 Å². The first-order valence-corrected chi connectivity index (χ1v) is 5.96. The molecule has 2 aromatic carbocycles. The second-order valence-corrected chi connectivity index (χ2v) is 4.44. The van der Waals surface area contributed by atoms with Crippen molar-refractivity contribution in [3.05, 3.63) is 68.7 Å². The zero-order chi connectivity index (χ0) is 15.6. The topological polar surface area (TPSA) is 72.2 Å². The van der Waals surface area contributed by atoms with Crippen LogP contribution in [-0.4, -0.2) is 10.8 Å². The van der Waals surface area contributed by atoms with E-state index in [2.05, 4.69) is 5.32 Å². The van der Waals surface area contributed by atoms with E-state index in [1.54, 1.807) is 0 Å². The van der Waals surface area contributed by atoms with Gasteiger partial charge >= 0.3 is 5.69 Å². The van der Waals surface area contributed by atoms with Crippen molar-refractivity contribution in [1.29, 1.82) is 0 Å². The summed E-state index contributed by atoms with van der Waals surface area (Å²) in [5, 5.41) is 13.2. The van der Waals surface area contributed by atoms with Crippen LogP contribution in [0.15, 0.2) is 36.4 Å². The van der Waals surface area contributed by atoms with Gasteiger partial charge in [-0.05, 0) is 30.3 Å². The van der Waals surface area contributed by atoms with Crippen LogP contribution in [0.2, 0.25) is 5.02 Å². The number of nitrogens with one attached hydrogen (secondary N) is 1. The fourth-order valence-electron chi connectivity index (χ4n) is 1.58. The van der Waals surface area contributed by atoms with Gasteiger partial charge in [-0.2, -0.15) is 4.39 Å². The highest BCUT2D eigenvalue weighted by Gasteiger charge is 2.22. The Morgan fingerprint density at radius 3 is 2.33 bits per heavy atom. The number of nitrogens with zero attached hydrogens (tertiary/aromatic N) is 1. The van der Waals surface area contributed by atoms with Crippen LogP contribution in [0.1, 0.15) is 10.4 Å². The lowest BCUT2D eigenvalue weighted by Gasteiger charge is -2.06. The van der Waals surface area contributed by atoms with Crippen molar-refractivity contribution >= 4 is 28.9 Å². The zero-order valence-corrected chi connectivity index (χ0v) is 11.0. The van der Waals surface area contributed by atoms with Crippen molar-refractivity contribution in [3.8, 4) is 0 Å². The standard InChI is InChI=1S/C13H7ClF2N2O3/c14-7-1-3-8(4-2-7)17-13(19)9-5-11(16)12(18(20)21)6-10(9)15/h1-6H,(H,17,19). The first kappa shape index (κ1) is 14.9. The number of amides is 1. The monoisotopic (exact) mass is 312 g/mol. The molecular formula is C13H7ClF2N2O3. The van der Waals surface area contributed by atoms with Gasteiger partial charge in [0.15, 0.2) is 0 Å². The number of anilines is 1. The van der Waals surface area contributed by atoms with Gasteiger partial charge in [-0.15, -0.1) is 0 Å². The van der Waals surface area contributed by atoms with Gasteiger partial charge in [-0.1, -0.05) is 11.6 Å². The van der Waals surface area contributed by atoms with E-state index in [9.17, 15) is 23.7 Å². The molecule has 0 atom stereocenters. The van der Waals surface area contributed by atoms with Crippen LogP contribution in [0.25, 0.3) is 0 Å². The van der Waals surface area contributed by atoms with Gasteiger partial charge < -0.3 is 5.32 Å². The molecule has 0 unspecified atom stereocenters. The van der Waals surface area contributed by atoms with Crippen molar-refractivity contribution in [3.63, 3.8) is 0 Å². The summed E-state index contributed by atoms with van der Waals surface area (Å²) in [7, 11) is 0. The molecule has 8 heteroatoms. The number of rotatable bonds is 3. The molecule has 0 fully saturated rings. The van der Waals surface area contributed by atoms with Crippen LogP contribution < -0.4 is 5.32 Å². The van der Waals surface area contributed by atoms with E-state index < -0.39 is 33.7 Å². The number of hydrogen-bond acceptors (Lipinski definition) is 3. The van der Waals surface area contributed by atoms with Gasteiger partial charge in [0.25, 0.3) is 5.91 Å². The molecule has 108 valence electrons. The fourth-order valence-corrected chi connectivity index (χ4v) is 1.71. The Hall–Kier alpha value is -2.54. The Balaban J connectivity index is 2.29. The summed E-state index contributed by atoms with van der Waals surface area (Å²) in [6.45, 7) is 0. The predicted octanol–water partition coefficient (Wildman–Crippen LogP) is 3.78. The molecule has 0 saturated carbocycles. The largest absolute Gasteiger partial charge is 0.322 e. The molecule has 0 aromatic heterocycles.